The van der Waals surface area contributed by atoms with E-state index in [-0.39, 0.29) is 12.5 Å². The molecule has 0 fully saturated rings. The SMILES string of the molecule is Cc1ccc(OCC(=O)Nc2ccc(C)c(N)c2)c(Cl)c1. The van der Waals surface area contributed by atoms with E-state index < -0.39 is 0 Å². The highest BCUT2D eigenvalue weighted by Crippen LogP contribution is 2.25. The van der Waals surface area contributed by atoms with Gasteiger partial charge < -0.3 is 15.8 Å². The van der Waals surface area contributed by atoms with Crippen LogP contribution >= 0.6 is 11.6 Å². The first-order valence-electron chi connectivity index (χ1n) is 6.50. The number of nitrogens with two attached hydrogens (primary N) is 1. The molecular weight excluding hydrogens is 288 g/mol. The minimum Gasteiger partial charge on any atom is -0.482 e. The molecule has 0 aromatic heterocycles. The molecular formula is C16H17ClN2O2. The second-order valence-electron chi connectivity index (χ2n) is 4.84. The van der Waals surface area contributed by atoms with E-state index in [0.29, 0.717) is 22.1 Å². The first-order valence-corrected chi connectivity index (χ1v) is 6.88. The fraction of sp³-hybridized carbons (Fsp3) is 0.188. The summed E-state index contributed by atoms with van der Waals surface area (Å²) in [6.45, 7) is 3.73. The van der Waals surface area contributed by atoms with Crippen molar-refractivity contribution >= 4 is 28.9 Å². The van der Waals surface area contributed by atoms with Crippen LogP contribution in [0.2, 0.25) is 5.02 Å². The molecule has 0 unspecified atom stereocenters. The van der Waals surface area contributed by atoms with E-state index in [1.54, 1.807) is 24.3 Å². The molecule has 2 rings (SSSR count). The van der Waals surface area contributed by atoms with E-state index in [1.165, 1.54) is 0 Å². The van der Waals surface area contributed by atoms with Crippen molar-refractivity contribution in [3.8, 4) is 5.75 Å². The molecule has 0 aliphatic rings. The molecule has 4 nitrogen and oxygen atoms in total. The lowest BCUT2D eigenvalue weighted by atomic mass is 10.2. The van der Waals surface area contributed by atoms with Gasteiger partial charge in [-0.1, -0.05) is 23.7 Å². The third-order valence-electron chi connectivity index (χ3n) is 3.01. The first kappa shape index (κ1) is 15.2. The summed E-state index contributed by atoms with van der Waals surface area (Å²) in [4.78, 5) is 11.8. The number of amides is 1. The second-order valence-corrected chi connectivity index (χ2v) is 5.25. The van der Waals surface area contributed by atoms with E-state index in [9.17, 15) is 4.79 Å². The van der Waals surface area contributed by atoms with E-state index >= 15 is 0 Å². The van der Waals surface area contributed by atoms with Crippen molar-refractivity contribution < 1.29 is 9.53 Å². The maximum atomic E-state index is 11.8. The number of halogens is 1. The molecule has 0 aliphatic carbocycles. The number of ether oxygens (including phenoxy) is 1. The Bertz CT molecular complexity index is 671. The van der Waals surface area contributed by atoms with Gasteiger partial charge in [0.25, 0.3) is 5.91 Å². The van der Waals surface area contributed by atoms with Crippen molar-refractivity contribution in [1.82, 2.24) is 0 Å². The van der Waals surface area contributed by atoms with Gasteiger partial charge >= 0.3 is 0 Å². The molecule has 0 saturated carbocycles. The van der Waals surface area contributed by atoms with Gasteiger partial charge in [0.1, 0.15) is 5.75 Å². The van der Waals surface area contributed by atoms with E-state index in [1.807, 2.05) is 26.0 Å². The van der Waals surface area contributed by atoms with Crippen LogP contribution in [0.4, 0.5) is 11.4 Å². The van der Waals surface area contributed by atoms with Gasteiger partial charge in [0, 0.05) is 11.4 Å². The average molecular weight is 305 g/mol. The Balaban J connectivity index is 1.94. The van der Waals surface area contributed by atoms with Gasteiger partial charge in [-0.05, 0) is 49.2 Å². The van der Waals surface area contributed by atoms with Crippen LogP contribution < -0.4 is 15.8 Å². The third kappa shape index (κ3) is 4.13. The Hall–Kier alpha value is -2.20. The van der Waals surface area contributed by atoms with Crippen LogP contribution in [0.15, 0.2) is 36.4 Å². The first-order chi connectivity index (χ1) is 9.95. The zero-order valence-corrected chi connectivity index (χ0v) is 12.7. The predicted molar refractivity (Wildman–Crippen MR) is 85.9 cm³/mol. The summed E-state index contributed by atoms with van der Waals surface area (Å²) in [6.07, 6.45) is 0. The largest absolute Gasteiger partial charge is 0.482 e. The van der Waals surface area contributed by atoms with Gasteiger partial charge in [-0.15, -0.1) is 0 Å². The van der Waals surface area contributed by atoms with Gasteiger partial charge in [-0.25, -0.2) is 0 Å². The topological polar surface area (TPSA) is 64.3 Å². The van der Waals surface area contributed by atoms with Crippen LogP contribution in [0.5, 0.6) is 5.75 Å². The zero-order valence-electron chi connectivity index (χ0n) is 11.9. The van der Waals surface area contributed by atoms with Gasteiger partial charge in [-0.2, -0.15) is 0 Å². The Kier molecular flexibility index (Phi) is 4.70. The molecule has 21 heavy (non-hydrogen) atoms. The highest BCUT2D eigenvalue weighted by Gasteiger charge is 2.07. The molecule has 3 N–H and O–H groups in total. The second kappa shape index (κ2) is 6.50. The molecule has 0 bridgehead atoms. The Morgan fingerprint density at radius 1 is 1.24 bits per heavy atom. The summed E-state index contributed by atoms with van der Waals surface area (Å²) in [7, 11) is 0. The Labute approximate surface area is 128 Å². The molecule has 0 spiro atoms. The van der Waals surface area contributed by atoms with Crippen molar-refractivity contribution in [3.05, 3.63) is 52.5 Å². The fourth-order valence-corrected chi connectivity index (χ4v) is 2.07. The van der Waals surface area contributed by atoms with E-state index in [2.05, 4.69) is 5.32 Å². The monoisotopic (exact) mass is 304 g/mol. The zero-order chi connectivity index (χ0) is 15.4. The van der Waals surface area contributed by atoms with Crippen LogP contribution in [0.1, 0.15) is 11.1 Å². The maximum absolute atomic E-state index is 11.8. The predicted octanol–water partition coefficient (Wildman–Crippen LogP) is 3.56. The van der Waals surface area contributed by atoms with E-state index in [0.717, 1.165) is 11.1 Å². The number of benzene rings is 2. The number of anilines is 2. The van der Waals surface area contributed by atoms with Gasteiger partial charge in [0.15, 0.2) is 6.61 Å². The fourth-order valence-electron chi connectivity index (χ4n) is 1.78. The van der Waals surface area contributed by atoms with Crippen LogP contribution in [0.25, 0.3) is 0 Å². The summed E-state index contributed by atoms with van der Waals surface area (Å²) in [5.41, 5.74) is 9.07. The lowest BCUT2D eigenvalue weighted by Crippen LogP contribution is -2.20. The summed E-state index contributed by atoms with van der Waals surface area (Å²) < 4.78 is 5.40. The van der Waals surface area contributed by atoms with Crippen LogP contribution in [0.3, 0.4) is 0 Å². The summed E-state index contributed by atoms with van der Waals surface area (Å²) >= 11 is 6.04. The number of nitrogens with one attached hydrogen (secondary N) is 1. The molecule has 110 valence electrons. The molecule has 0 atom stereocenters. The third-order valence-corrected chi connectivity index (χ3v) is 3.30. The molecule has 2 aromatic carbocycles. The minimum atomic E-state index is -0.269. The van der Waals surface area contributed by atoms with Crippen molar-refractivity contribution in [3.63, 3.8) is 0 Å². The van der Waals surface area contributed by atoms with Crippen molar-refractivity contribution in [2.24, 2.45) is 0 Å². The van der Waals surface area contributed by atoms with E-state index in [4.69, 9.17) is 22.1 Å². The minimum absolute atomic E-state index is 0.115. The van der Waals surface area contributed by atoms with Gasteiger partial charge in [0.05, 0.1) is 5.02 Å². The van der Waals surface area contributed by atoms with Crippen LogP contribution in [-0.2, 0) is 4.79 Å². The molecule has 0 radical (unpaired) electrons. The highest BCUT2D eigenvalue weighted by molar-refractivity contribution is 6.32. The molecule has 1 amide bonds. The van der Waals surface area contributed by atoms with Gasteiger partial charge in [0.2, 0.25) is 0 Å². The number of hydrogen-bond donors (Lipinski definition) is 2. The van der Waals surface area contributed by atoms with Crippen LogP contribution in [-0.4, -0.2) is 12.5 Å². The van der Waals surface area contributed by atoms with Crippen LogP contribution in [0, 0.1) is 13.8 Å². The number of hydrogen-bond acceptors (Lipinski definition) is 3. The van der Waals surface area contributed by atoms with Gasteiger partial charge in [-0.3, -0.25) is 4.79 Å². The molecule has 2 aromatic rings. The number of rotatable bonds is 4. The smallest absolute Gasteiger partial charge is 0.262 e. The summed E-state index contributed by atoms with van der Waals surface area (Å²) in [6, 6.07) is 10.8. The maximum Gasteiger partial charge on any atom is 0.262 e. The normalized spacial score (nSPS) is 10.2. The van der Waals surface area contributed by atoms with Crippen molar-refractivity contribution in [1.29, 1.82) is 0 Å². The summed E-state index contributed by atoms with van der Waals surface area (Å²) in [5.74, 6) is 0.218. The number of aryl methyl sites for hydroxylation is 2. The molecule has 0 heterocycles. The quantitative estimate of drug-likeness (QED) is 0.849. The Morgan fingerprint density at radius 3 is 2.67 bits per heavy atom. The van der Waals surface area contributed by atoms with Crippen molar-refractivity contribution in [2.75, 3.05) is 17.7 Å². The lowest BCUT2D eigenvalue weighted by molar-refractivity contribution is -0.118. The highest BCUT2D eigenvalue weighted by atomic mass is 35.5. The average Bonchev–Trinajstić information content (AvgIpc) is 2.42. The molecule has 5 heteroatoms. The lowest BCUT2D eigenvalue weighted by Gasteiger charge is -2.10. The summed E-state index contributed by atoms with van der Waals surface area (Å²) in [5, 5.41) is 3.21. The molecule has 0 aliphatic heterocycles. The molecule has 0 saturated heterocycles. The van der Waals surface area contributed by atoms with Crippen molar-refractivity contribution in [2.45, 2.75) is 13.8 Å². The standard InChI is InChI=1S/C16H17ClN2O2/c1-10-3-6-15(13(17)7-10)21-9-16(20)19-12-5-4-11(2)14(18)8-12/h3-8H,9,18H2,1-2H3,(H,19,20). The number of carbonyl (C=O) groups excluding carboxylic acids is 1. The number of carbonyl (C=O) groups is 1. The number of nitrogen functional groups attached to an aromatic ring is 1. The Morgan fingerprint density at radius 2 is 2.00 bits per heavy atom.